The molecular weight excluding hydrogens is 260 g/mol. The SMILES string of the molecule is COC(=O)CN1CC2CN(C(=O)OC(C)(C)C)CC2C1. The largest absolute Gasteiger partial charge is 0.468 e. The summed E-state index contributed by atoms with van der Waals surface area (Å²) in [5, 5.41) is 0. The van der Waals surface area contributed by atoms with E-state index in [0.29, 0.717) is 18.4 Å². The molecular formula is C14H24N2O4. The summed E-state index contributed by atoms with van der Waals surface area (Å²) in [5.74, 6) is 0.674. The van der Waals surface area contributed by atoms with Crippen LogP contribution in [0.1, 0.15) is 20.8 Å². The van der Waals surface area contributed by atoms with Crippen LogP contribution in [0.3, 0.4) is 0 Å². The normalized spacial score (nSPS) is 26.5. The highest BCUT2D eigenvalue weighted by molar-refractivity contribution is 5.71. The number of ether oxygens (including phenoxy) is 2. The molecule has 2 aliphatic heterocycles. The van der Waals surface area contributed by atoms with Gasteiger partial charge in [-0.3, -0.25) is 9.69 Å². The average molecular weight is 284 g/mol. The summed E-state index contributed by atoms with van der Waals surface area (Å²) in [6.45, 7) is 9.10. The summed E-state index contributed by atoms with van der Waals surface area (Å²) in [5.41, 5.74) is -0.453. The highest BCUT2D eigenvalue weighted by Crippen LogP contribution is 2.31. The number of esters is 1. The van der Waals surface area contributed by atoms with Crippen LogP contribution in [0.15, 0.2) is 0 Å². The van der Waals surface area contributed by atoms with E-state index >= 15 is 0 Å². The number of nitrogens with zero attached hydrogens (tertiary/aromatic N) is 2. The Morgan fingerprint density at radius 2 is 1.65 bits per heavy atom. The van der Waals surface area contributed by atoms with Crippen molar-refractivity contribution in [1.29, 1.82) is 0 Å². The predicted molar refractivity (Wildman–Crippen MR) is 73.2 cm³/mol. The van der Waals surface area contributed by atoms with Crippen LogP contribution in [0.2, 0.25) is 0 Å². The number of fused-ring (bicyclic) bond motifs is 1. The Balaban J connectivity index is 1.82. The van der Waals surface area contributed by atoms with Crippen LogP contribution in [0.5, 0.6) is 0 Å². The molecule has 0 aliphatic carbocycles. The zero-order chi connectivity index (χ0) is 14.9. The molecule has 0 spiro atoms. The molecule has 6 nitrogen and oxygen atoms in total. The van der Waals surface area contributed by atoms with E-state index in [1.54, 1.807) is 4.90 Å². The first kappa shape index (κ1) is 15.1. The maximum absolute atomic E-state index is 12.0. The fourth-order valence-electron chi connectivity index (χ4n) is 2.94. The highest BCUT2D eigenvalue weighted by atomic mass is 16.6. The Labute approximate surface area is 120 Å². The summed E-state index contributed by atoms with van der Waals surface area (Å²) in [6, 6.07) is 0. The van der Waals surface area contributed by atoms with Crippen LogP contribution in [0.25, 0.3) is 0 Å². The Morgan fingerprint density at radius 1 is 1.10 bits per heavy atom. The van der Waals surface area contributed by atoms with Crippen molar-refractivity contribution >= 4 is 12.1 Å². The number of carbonyl (C=O) groups is 2. The molecule has 2 fully saturated rings. The second kappa shape index (κ2) is 5.60. The Morgan fingerprint density at radius 3 is 2.10 bits per heavy atom. The van der Waals surface area contributed by atoms with E-state index in [9.17, 15) is 9.59 Å². The third-order valence-corrected chi connectivity index (χ3v) is 3.79. The molecule has 2 atom stereocenters. The quantitative estimate of drug-likeness (QED) is 0.707. The second-order valence-corrected chi connectivity index (χ2v) is 6.68. The van der Waals surface area contributed by atoms with E-state index in [0.717, 1.165) is 26.2 Å². The zero-order valence-corrected chi connectivity index (χ0v) is 12.7. The number of likely N-dealkylation sites (tertiary alicyclic amines) is 2. The van der Waals surface area contributed by atoms with E-state index < -0.39 is 5.60 Å². The molecule has 0 N–H and O–H groups in total. The number of hydrogen-bond acceptors (Lipinski definition) is 5. The molecule has 0 aromatic carbocycles. The van der Waals surface area contributed by atoms with E-state index in [1.807, 2.05) is 20.8 Å². The Hall–Kier alpha value is -1.30. The minimum Gasteiger partial charge on any atom is -0.468 e. The van der Waals surface area contributed by atoms with Gasteiger partial charge in [-0.15, -0.1) is 0 Å². The molecule has 2 saturated heterocycles. The van der Waals surface area contributed by atoms with Gasteiger partial charge in [0, 0.05) is 26.2 Å². The fraction of sp³-hybridized carbons (Fsp3) is 0.857. The molecule has 6 heteroatoms. The third-order valence-electron chi connectivity index (χ3n) is 3.79. The Bertz CT molecular complexity index is 377. The number of rotatable bonds is 2. The van der Waals surface area contributed by atoms with Crippen molar-refractivity contribution in [1.82, 2.24) is 9.80 Å². The monoisotopic (exact) mass is 284 g/mol. The van der Waals surface area contributed by atoms with Gasteiger partial charge in [-0.1, -0.05) is 0 Å². The van der Waals surface area contributed by atoms with Gasteiger partial charge in [0.15, 0.2) is 0 Å². The molecule has 0 radical (unpaired) electrons. The smallest absolute Gasteiger partial charge is 0.410 e. The molecule has 2 aliphatic rings. The van der Waals surface area contributed by atoms with Crippen LogP contribution < -0.4 is 0 Å². The van der Waals surface area contributed by atoms with Gasteiger partial charge < -0.3 is 14.4 Å². The van der Waals surface area contributed by atoms with Crippen molar-refractivity contribution in [3.8, 4) is 0 Å². The van der Waals surface area contributed by atoms with Crippen molar-refractivity contribution in [2.24, 2.45) is 11.8 Å². The summed E-state index contributed by atoms with van der Waals surface area (Å²) >= 11 is 0. The summed E-state index contributed by atoms with van der Waals surface area (Å²) < 4.78 is 10.1. The molecule has 0 bridgehead atoms. The van der Waals surface area contributed by atoms with E-state index in [1.165, 1.54) is 7.11 Å². The molecule has 0 saturated carbocycles. The topological polar surface area (TPSA) is 59.1 Å². The summed E-state index contributed by atoms with van der Waals surface area (Å²) in [7, 11) is 1.41. The first-order valence-electron chi connectivity index (χ1n) is 7.05. The first-order valence-corrected chi connectivity index (χ1v) is 7.05. The lowest BCUT2D eigenvalue weighted by molar-refractivity contribution is -0.141. The Kier molecular flexibility index (Phi) is 4.22. The van der Waals surface area contributed by atoms with Crippen molar-refractivity contribution in [2.75, 3.05) is 39.8 Å². The summed E-state index contributed by atoms with van der Waals surface area (Å²) in [6.07, 6.45) is -0.230. The van der Waals surface area contributed by atoms with Gasteiger partial charge in [-0.05, 0) is 32.6 Å². The maximum atomic E-state index is 12.0. The number of methoxy groups -OCH3 is 1. The van der Waals surface area contributed by atoms with E-state index in [-0.39, 0.29) is 12.1 Å². The maximum Gasteiger partial charge on any atom is 0.410 e. The van der Waals surface area contributed by atoms with E-state index in [4.69, 9.17) is 4.74 Å². The van der Waals surface area contributed by atoms with Gasteiger partial charge in [0.1, 0.15) is 5.60 Å². The number of carbonyl (C=O) groups excluding carboxylic acids is 2. The number of amides is 1. The minimum atomic E-state index is -0.453. The van der Waals surface area contributed by atoms with Crippen molar-refractivity contribution < 1.29 is 19.1 Å². The molecule has 114 valence electrons. The third kappa shape index (κ3) is 3.62. The fourth-order valence-corrected chi connectivity index (χ4v) is 2.94. The minimum absolute atomic E-state index is 0.200. The molecule has 2 rings (SSSR count). The lowest BCUT2D eigenvalue weighted by atomic mass is 10.0. The lowest BCUT2D eigenvalue weighted by Crippen LogP contribution is -2.38. The van der Waals surface area contributed by atoms with Crippen molar-refractivity contribution in [2.45, 2.75) is 26.4 Å². The second-order valence-electron chi connectivity index (χ2n) is 6.68. The standard InChI is InChI=1S/C14H24N2O4/c1-14(2,3)20-13(18)16-7-10-5-15(6-11(10)8-16)9-12(17)19-4/h10-11H,5-9H2,1-4H3. The zero-order valence-electron chi connectivity index (χ0n) is 12.7. The van der Waals surface area contributed by atoms with Gasteiger partial charge in [0.05, 0.1) is 13.7 Å². The van der Waals surface area contributed by atoms with Crippen molar-refractivity contribution in [3.05, 3.63) is 0 Å². The number of hydrogen-bond donors (Lipinski definition) is 0. The van der Waals surface area contributed by atoms with Gasteiger partial charge in [-0.2, -0.15) is 0 Å². The molecule has 0 aromatic heterocycles. The molecule has 20 heavy (non-hydrogen) atoms. The molecule has 2 heterocycles. The average Bonchev–Trinajstić information content (AvgIpc) is 2.84. The van der Waals surface area contributed by atoms with Crippen LogP contribution in [0, 0.1) is 11.8 Å². The van der Waals surface area contributed by atoms with Gasteiger partial charge in [0.25, 0.3) is 0 Å². The molecule has 1 amide bonds. The lowest BCUT2D eigenvalue weighted by Gasteiger charge is -2.25. The molecule has 0 aromatic rings. The van der Waals surface area contributed by atoms with E-state index in [2.05, 4.69) is 9.64 Å². The van der Waals surface area contributed by atoms with Crippen LogP contribution in [0.4, 0.5) is 4.79 Å². The van der Waals surface area contributed by atoms with Crippen LogP contribution in [-0.4, -0.2) is 67.3 Å². The first-order chi connectivity index (χ1) is 9.28. The van der Waals surface area contributed by atoms with Crippen LogP contribution in [-0.2, 0) is 14.3 Å². The highest BCUT2D eigenvalue weighted by Gasteiger charge is 2.42. The van der Waals surface area contributed by atoms with Crippen LogP contribution >= 0.6 is 0 Å². The molecule has 2 unspecified atom stereocenters. The predicted octanol–water partition coefficient (Wildman–Crippen LogP) is 0.958. The van der Waals surface area contributed by atoms with Gasteiger partial charge >= 0.3 is 12.1 Å². The van der Waals surface area contributed by atoms with Gasteiger partial charge in [0.2, 0.25) is 0 Å². The summed E-state index contributed by atoms with van der Waals surface area (Å²) in [4.78, 5) is 27.2. The van der Waals surface area contributed by atoms with Crippen molar-refractivity contribution in [3.63, 3.8) is 0 Å². The van der Waals surface area contributed by atoms with Gasteiger partial charge in [-0.25, -0.2) is 4.79 Å².